The second-order valence-corrected chi connectivity index (χ2v) is 1.76. The molecule has 0 aliphatic rings. The standard InChI is InChI=1S/C4H6O3S.K/c5-3(6)1-2-4(7)8;/h1-2H2,(H,5,6)(H,7,8);/q;+1/p-1. The van der Waals surface area contributed by atoms with E-state index in [2.05, 4.69) is 12.6 Å². The van der Waals surface area contributed by atoms with Crippen LogP contribution in [0.4, 0.5) is 0 Å². The molecule has 0 aliphatic carbocycles. The molecule has 0 aromatic carbocycles. The first kappa shape index (κ1) is 12.8. The van der Waals surface area contributed by atoms with Crippen LogP contribution in [0.25, 0.3) is 0 Å². The van der Waals surface area contributed by atoms with Crippen molar-refractivity contribution in [2.45, 2.75) is 12.8 Å². The Morgan fingerprint density at radius 2 is 1.78 bits per heavy atom. The summed E-state index contributed by atoms with van der Waals surface area (Å²) in [6.07, 6.45) is -0.284. The van der Waals surface area contributed by atoms with Crippen LogP contribution >= 0.6 is 12.6 Å². The summed E-state index contributed by atoms with van der Waals surface area (Å²) < 4.78 is 0. The smallest absolute Gasteiger partial charge is 0.550 e. The molecule has 0 aromatic heterocycles. The maximum atomic E-state index is 9.92. The summed E-state index contributed by atoms with van der Waals surface area (Å²) in [5, 5.41) is 9.18. The molecule has 3 nitrogen and oxygen atoms in total. The quantitative estimate of drug-likeness (QED) is 0.348. The molecular weight excluding hydrogens is 167 g/mol. The maximum Gasteiger partial charge on any atom is 1.00 e. The van der Waals surface area contributed by atoms with Gasteiger partial charge in [0.2, 0.25) is 0 Å². The van der Waals surface area contributed by atoms with E-state index in [9.17, 15) is 14.7 Å². The van der Waals surface area contributed by atoms with Crippen molar-refractivity contribution >= 4 is 23.7 Å². The molecule has 0 spiro atoms. The summed E-state index contributed by atoms with van der Waals surface area (Å²) in [4.78, 5) is 19.5. The van der Waals surface area contributed by atoms with Crippen molar-refractivity contribution in [1.82, 2.24) is 0 Å². The fourth-order valence-electron chi connectivity index (χ4n) is 0.209. The molecule has 9 heavy (non-hydrogen) atoms. The number of carbonyl (C=O) groups excluding carboxylic acids is 2. The van der Waals surface area contributed by atoms with E-state index in [1.807, 2.05) is 0 Å². The summed E-state index contributed by atoms with van der Waals surface area (Å²) >= 11 is 3.34. The third kappa shape index (κ3) is 12.3. The van der Waals surface area contributed by atoms with Crippen molar-refractivity contribution in [3.63, 3.8) is 0 Å². The minimum Gasteiger partial charge on any atom is -0.550 e. The summed E-state index contributed by atoms with van der Waals surface area (Å²) in [6, 6.07) is 0. The number of hydrogen-bond donors (Lipinski definition) is 1. The van der Waals surface area contributed by atoms with Gasteiger partial charge in [-0.2, -0.15) is 0 Å². The fourth-order valence-corrected chi connectivity index (χ4v) is 0.321. The Kier molecular flexibility index (Phi) is 10.3. The molecule has 0 bridgehead atoms. The number of carbonyl (C=O) groups is 2. The molecule has 0 heterocycles. The van der Waals surface area contributed by atoms with E-state index in [0.29, 0.717) is 0 Å². The number of rotatable bonds is 3. The minimum absolute atomic E-state index is 0. The molecule has 46 valence electrons. The van der Waals surface area contributed by atoms with Gasteiger partial charge in [-0.05, 0) is 6.42 Å². The van der Waals surface area contributed by atoms with Gasteiger partial charge in [-0.1, -0.05) is 0 Å². The second kappa shape index (κ2) is 7.24. The third-order valence-corrected chi connectivity index (χ3v) is 0.767. The summed E-state index contributed by atoms with van der Waals surface area (Å²) in [5.74, 6) is -1.22. The monoisotopic (exact) mass is 172 g/mol. The molecule has 5 heteroatoms. The average Bonchev–Trinajstić information content (AvgIpc) is 1.61. The van der Waals surface area contributed by atoms with Crippen LogP contribution in [-0.4, -0.2) is 11.1 Å². The van der Waals surface area contributed by atoms with Crippen LogP contribution in [0.5, 0.6) is 0 Å². The van der Waals surface area contributed by atoms with Gasteiger partial charge in [-0.3, -0.25) is 4.79 Å². The zero-order valence-corrected chi connectivity index (χ0v) is 9.10. The molecule has 0 fully saturated rings. The zero-order chi connectivity index (χ0) is 6.57. The van der Waals surface area contributed by atoms with Crippen molar-refractivity contribution in [2.75, 3.05) is 0 Å². The van der Waals surface area contributed by atoms with Gasteiger partial charge in [0, 0.05) is 12.4 Å². The number of hydrogen-bond acceptors (Lipinski definition) is 3. The van der Waals surface area contributed by atoms with E-state index in [1.165, 1.54) is 0 Å². The Morgan fingerprint density at radius 1 is 1.33 bits per heavy atom. The Bertz CT molecular complexity index is 100. The average molecular weight is 172 g/mol. The Labute approximate surface area is 101 Å². The molecule has 0 aromatic rings. The van der Waals surface area contributed by atoms with Gasteiger partial charge in [0.25, 0.3) is 0 Å². The zero-order valence-electron chi connectivity index (χ0n) is 5.09. The Hall–Kier alpha value is 1.13. The van der Waals surface area contributed by atoms with Crippen molar-refractivity contribution in [1.29, 1.82) is 0 Å². The number of aliphatic carboxylic acids is 1. The van der Waals surface area contributed by atoms with Crippen LogP contribution < -0.4 is 56.5 Å². The molecule has 0 atom stereocenters. The van der Waals surface area contributed by atoms with E-state index in [-0.39, 0.29) is 64.2 Å². The van der Waals surface area contributed by atoms with Gasteiger partial charge in [0.15, 0.2) is 5.12 Å². The first-order chi connectivity index (χ1) is 3.63. The summed E-state index contributed by atoms with van der Waals surface area (Å²) in [7, 11) is 0. The third-order valence-electron chi connectivity index (χ3n) is 0.543. The molecule has 0 N–H and O–H groups in total. The van der Waals surface area contributed by atoms with Crippen molar-refractivity contribution in [3.8, 4) is 0 Å². The molecule has 0 unspecified atom stereocenters. The van der Waals surface area contributed by atoms with E-state index in [1.54, 1.807) is 0 Å². The Morgan fingerprint density at radius 3 is 1.89 bits per heavy atom. The van der Waals surface area contributed by atoms with Crippen LogP contribution in [-0.2, 0) is 9.59 Å². The number of carboxylic acids is 1. The Balaban J connectivity index is 0. The van der Waals surface area contributed by atoms with E-state index in [0.717, 1.165) is 0 Å². The molecule has 0 rings (SSSR count). The molecular formula is C4H5KO3S. The van der Waals surface area contributed by atoms with Crippen molar-refractivity contribution in [2.24, 2.45) is 0 Å². The first-order valence-corrected chi connectivity index (χ1v) is 2.49. The number of carboxylic acid groups (broad SMARTS) is 1. The molecule has 0 aliphatic heterocycles. The predicted molar refractivity (Wildman–Crippen MR) is 28.2 cm³/mol. The molecule has 0 amide bonds. The van der Waals surface area contributed by atoms with Crippen molar-refractivity contribution < 1.29 is 66.1 Å². The van der Waals surface area contributed by atoms with Gasteiger partial charge in [-0.15, -0.1) is 12.6 Å². The summed E-state index contributed by atoms with van der Waals surface area (Å²) in [5.41, 5.74) is 0. The normalized spacial score (nSPS) is 7.67. The van der Waals surface area contributed by atoms with E-state index < -0.39 is 11.1 Å². The van der Waals surface area contributed by atoms with Gasteiger partial charge < -0.3 is 9.90 Å². The fraction of sp³-hybridized carbons (Fsp3) is 0.500. The van der Waals surface area contributed by atoms with Crippen LogP contribution in [0.2, 0.25) is 0 Å². The summed E-state index contributed by atoms with van der Waals surface area (Å²) in [6.45, 7) is 0. The maximum absolute atomic E-state index is 9.92. The first-order valence-electron chi connectivity index (χ1n) is 2.04. The molecule has 0 radical (unpaired) electrons. The number of thiol groups is 1. The van der Waals surface area contributed by atoms with Gasteiger partial charge in [-0.25, -0.2) is 0 Å². The SMILES string of the molecule is O=C([O-])CCC(=O)S.[K+]. The minimum atomic E-state index is -1.22. The predicted octanol–water partition coefficient (Wildman–Crippen LogP) is -4.02. The van der Waals surface area contributed by atoms with Gasteiger partial charge in [0.1, 0.15) is 0 Å². The van der Waals surface area contributed by atoms with Crippen LogP contribution in [0, 0.1) is 0 Å². The topological polar surface area (TPSA) is 57.2 Å². The largest absolute Gasteiger partial charge is 1.00 e. The molecule has 0 saturated heterocycles. The molecule has 0 saturated carbocycles. The van der Waals surface area contributed by atoms with E-state index in [4.69, 9.17) is 0 Å². The second-order valence-electron chi connectivity index (χ2n) is 1.27. The van der Waals surface area contributed by atoms with Crippen LogP contribution in [0.1, 0.15) is 12.8 Å². The van der Waals surface area contributed by atoms with Crippen molar-refractivity contribution in [3.05, 3.63) is 0 Å². The van der Waals surface area contributed by atoms with Crippen LogP contribution in [0.15, 0.2) is 0 Å². The van der Waals surface area contributed by atoms with Gasteiger partial charge >= 0.3 is 51.4 Å². The van der Waals surface area contributed by atoms with E-state index >= 15 is 0 Å². The van der Waals surface area contributed by atoms with Crippen LogP contribution in [0.3, 0.4) is 0 Å². The van der Waals surface area contributed by atoms with Gasteiger partial charge in [0.05, 0.1) is 0 Å².